The number of fused-ring (bicyclic) bond motifs is 1. The van der Waals surface area contributed by atoms with E-state index in [1.54, 1.807) is 11.8 Å². The zero-order valence-electron chi connectivity index (χ0n) is 6.32. The normalized spacial score (nSPS) is 22.0. The van der Waals surface area contributed by atoms with Gasteiger partial charge in [0.1, 0.15) is 5.50 Å². The summed E-state index contributed by atoms with van der Waals surface area (Å²) in [6.45, 7) is 0. The molecule has 0 fully saturated rings. The average Bonchev–Trinajstić information content (AvgIpc) is 2.30. The molecule has 2 nitrogen and oxygen atoms in total. The SMILES string of the molecule is CN1c2ccccc2S[C@H]1N. The molecule has 1 aromatic rings. The molecule has 0 amide bonds. The number of rotatable bonds is 0. The van der Waals surface area contributed by atoms with Crippen LogP contribution in [0.1, 0.15) is 0 Å². The molecule has 3 heteroatoms. The minimum absolute atomic E-state index is 0.0902. The van der Waals surface area contributed by atoms with E-state index < -0.39 is 0 Å². The zero-order chi connectivity index (χ0) is 7.84. The lowest BCUT2D eigenvalue weighted by molar-refractivity contribution is 0.887. The second kappa shape index (κ2) is 2.43. The Hall–Kier alpha value is -0.670. The van der Waals surface area contributed by atoms with E-state index >= 15 is 0 Å². The third-order valence-electron chi connectivity index (χ3n) is 1.87. The van der Waals surface area contributed by atoms with Crippen LogP contribution in [0.4, 0.5) is 5.69 Å². The lowest BCUT2D eigenvalue weighted by Gasteiger charge is -2.16. The van der Waals surface area contributed by atoms with Crippen molar-refractivity contribution in [3.05, 3.63) is 24.3 Å². The fraction of sp³-hybridized carbons (Fsp3) is 0.250. The van der Waals surface area contributed by atoms with Crippen LogP contribution >= 0.6 is 11.8 Å². The Morgan fingerprint density at radius 2 is 2.18 bits per heavy atom. The number of anilines is 1. The Balaban J connectivity index is 2.47. The second-order valence-electron chi connectivity index (χ2n) is 2.59. The van der Waals surface area contributed by atoms with Crippen molar-refractivity contribution in [2.24, 2.45) is 5.73 Å². The van der Waals surface area contributed by atoms with Crippen molar-refractivity contribution in [2.75, 3.05) is 11.9 Å². The summed E-state index contributed by atoms with van der Waals surface area (Å²) in [7, 11) is 2.02. The molecule has 0 saturated heterocycles. The molecule has 58 valence electrons. The highest BCUT2D eigenvalue weighted by Crippen LogP contribution is 2.39. The maximum Gasteiger partial charge on any atom is 0.130 e. The van der Waals surface area contributed by atoms with Crippen LogP contribution in [0.25, 0.3) is 0 Å². The summed E-state index contributed by atoms with van der Waals surface area (Å²) in [6.07, 6.45) is 0. The molecule has 11 heavy (non-hydrogen) atoms. The molecular formula is C8H10N2S. The summed E-state index contributed by atoms with van der Waals surface area (Å²) in [5, 5.41) is 0. The Kier molecular flexibility index (Phi) is 1.55. The van der Waals surface area contributed by atoms with Crippen molar-refractivity contribution >= 4 is 17.4 Å². The first-order valence-corrected chi connectivity index (χ1v) is 4.41. The van der Waals surface area contributed by atoms with Gasteiger partial charge < -0.3 is 10.6 Å². The first kappa shape index (κ1) is 7.00. The number of thioether (sulfide) groups is 1. The van der Waals surface area contributed by atoms with Gasteiger partial charge in [-0.15, -0.1) is 0 Å². The van der Waals surface area contributed by atoms with Crippen LogP contribution in [0.5, 0.6) is 0 Å². The van der Waals surface area contributed by atoms with Crippen molar-refractivity contribution < 1.29 is 0 Å². The van der Waals surface area contributed by atoms with Gasteiger partial charge in [-0.25, -0.2) is 0 Å². The molecule has 1 aliphatic rings. The summed E-state index contributed by atoms with van der Waals surface area (Å²) < 4.78 is 0. The van der Waals surface area contributed by atoms with Crippen LogP contribution < -0.4 is 10.6 Å². The minimum atomic E-state index is 0.0902. The fourth-order valence-electron chi connectivity index (χ4n) is 1.19. The average molecular weight is 166 g/mol. The smallest absolute Gasteiger partial charge is 0.130 e. The number of hydrogen-bond acceptors (Lipinski definition) is 3. The summed E-state index contributed by atoms with van der Waals surface area (Å²) in [6, 6.07) is 8.27. The molecule has 0 saturated carbocycles. The van der Waals surface area contributed by atoms with E-state index in [2.05, 4.69) is 17.0 Å². The predicted molar refractivity (Wildman–Crippen MR) is 48.7 cm³/mol. The van der Waals surface area contributed by atoms with Crippen LogP contribution in [-0.4, -0.2) is 12.5 Å². The molecule has 0 spiro atoms. The topological polar surface area (TPSA) is 29.3 Å². The van der Waals surface area contributed by atoms with E-state index in [4.69, 9.17) is 5.73 Å². The Labute approximate surface area is 70.4 Å². The van der Waals surface area contributed by atoms with Gasteiger partial charge >= 0.3 is 0 Å². The third-order valence-corrected chi connectivity index (χ3v) is 3.03. The van der Waals surface area contributed by atoms with Gasteiger partial charge in [-0.3, -0.25) is 0 Å². The second-order valence-corrected chi connectivity index (χ2v) is 3.75. The molecule has 0 aliphatic carbocycles. The highest BCUT2D eigenvalue weighted by atomic mass is 32.2. The first-order valence-electron chi connectivity index (χ1n) is 3.53. The summed E-state index contributed by atoms with van der Waals surface area (Å²) in [5.74, 6) is 0. The minimum Gasteiger partial charge on any atom is -0.349 e. The van der Waals surface area contributed by atoms with Crippen LogP contribution in [0.15, 0.2) is 29.2 Å². The van der Waals surface area contributed by atoms with E-state index in [1.165, 1.54) is 10.6 Å². The molecule has 0 unspecified atom stereocenters. The molecule has 2 rings (SSSR count). The molecule has 1 aromatic carbocycles. The highest BCUT2D eigenvalue weighted by Gasteiger charge is 2.22. The van der Waals surface area contributed by atoms with Crippen LogP contribution in [-0.2, 0) is 0 Å². The largest absolute Gasteiger partial charge is 0.349 e. The maximum atomic E-state index is 5.82. The van der Waals surface area contributed by atoms with E-state index in [0.29, 0.717) is 0 Å². The van der Waals surface area contributed by atoms with E-state index in [-0.39, 0.29) is 5.50 Å². The van der Waals surface area contributed by atoms with Crippen molar-refractivity contribution in [1.29, 1.82) is 0 Å². The van der Waals surface area contributed by atoms with Crippen LogP contribution in [0.2, 0.25) is 0 Å². The maximum absolute atomic E-state index is 5.82. The van der Waals surface area contributed by atoms with Gasteiger partial charge in [0.25, 0.3) is 0 Å². The molecular weight excluding hydrogens is 156 g/mol. The van der Waals surface area contributed by atoms with Crippen molar-refractivity contribution in [1.82, 2.24) is 0 Å². The quantitative estimate of drug-likeness (QED) is 0.633. The fourth-order valence-corrected chi connectivity index (χ4v) is 2.22. The number of hydrogen-bond donors (Lipinski definition) is 1. The van der Waals surface area contributed by atoms with Gasteiger partial charge in [-0.2, -0.15) is 0 Å². The number of nitrogens with two attached hydrogens (primary N) is 1. The molecule has 2 N–H and O–H groups in total. The monoisotopic (exact) mass is 166 g/mol. The number of nitrogens with zero attached hydrogens (tertiary/aromatic N) is 1. The lowest BCUT2D eigenvalue weighted by atomic mass is 10.3. The molecule has 1 aliphatic heterocycles. The molecule has 1 atom stereocenters. The zero-order valence-corrected chi connectivity index (χ0v) is 7.14. The third kappa shape index (κ3) is 1.01. The van der Waals surface area contributed by atoms with Gasteiger partial charge in [-0.1, -0.05) is 23.9 Å². The van der Waals surface area contributed by atoms with Gasteiger partial charge in [0.05, 0.1) is 5.69 Å². The highest BCUT2D eigenvalue weighted by molar-refractivity contribution is 8.00. The molecule has 1 heterocycles. The summed E-state index contributed by atoms with van der Waals surface area (Å²) >= 11 is 1.70. The van der Waals surface area contributed by atoms with Crippen molar-refractivity contribution in [3.8, 4) is 0 Å². The molecule has 0 bridgehead atoms. The van der Waals surface area contributed by atoms with Gasteiger partial charge in [0.2, 0.25) is 0 Å². The molecule has 0 aromatic heterocycles. The van der Waals surface area contributed by atoms with E-state index in [1.807, 2.05) is 19.2 Å². The standard InChI is InChI=1S/C8H10N2S/c1-10-6-4-2-3-5-7(6)11-8(10)9/h2-5,8H,9H2,1H3/t8-/m0/s1. The first-order chi connectivity index (χ1) is 5.29. The summed E-state index contributed by atoms with van der Waals surface area (Å²) in [5.41, 5.74) is 7.15. The predicted octanol–water partition coefficient (Wildman–Crippen LogP) is 1.47. The van der Waals surface area contributed by atoms with Crippen LogP contribution in [0, 0.1) is 0 Å². The Bertz CT molecular complexity index is 275. The van der Waals surface area contributed by atoms with Crippen molar-refractivity contribution in [3.63, 3.8) is 0 Å². The van der Waals surface area contributed by atoms with Gasteiger partial charge in [-0.05, 0) is 12.1 Å². The number of benzene rings is 1. The van der Waals surface area contributed by atoms with E-state index in [0.717, 1.165) is 0 Å². The van der Waals surface area contributed by atoms with Crippen molar-refractivity contribution in [2.45, 2.75) is 10.4 Å². The van der Waals surface area contributed by atoms with Gasteiger partial charge in [0, 0.05) is 11.9 Å². The lowest BCUT2D eigenvalue weighted by Crippen LogP contribution is -2.32. The summed E-state index contributed by atoms with van der Waals surface area (Å²) in [4.78, 5) is 3.36. The molecule has 0 radical (unpaired) electrons. The Morgan fingerprint density at radius 3 is 2.91 bits per heavy atom. The van der Waals surface area contributed by atoms with Crippen LogP contribution in [0.3, 0.4) is 0 Å². The van der Waals surface area contributed by atoms with E-state index in [9.17, 15) is 0 Å². The van der Waals surface area contributed by atoms with Gasteiger partial charge in [0.15, 0.2) is 0 Å². The number of para-hydroxylation sites is 1. The Morgan fingerprint density at radius 1 is 1.45 bits per heavy atom.